The van der Waals surface area contributed by atoms with E-state index in [1.54, 1.807) is 0 Å². The van der Waals surface area contributed by atoms with E-state index in [9.17, 15) is 15.0 Å². The van der Waals surface area contributed by atoms with Crippen molar-refractivity contribution in [1.29, 1.82) is 0 Å². The average molecular weight is 213 g/mol. The van der Waals surface area contributed by atoms with Gasteiger partial charge >= 0.3 is 0 Å². The second-order valence-corrected chi connectivity index (χ2v) is 4.17. The molecule has 1 aliphatic heterocycles. The number of Topliss-reactive ketones (excluding diaryl/α,β-unsaturated/α-hetero) is 1. The SMILES string of the molecule is C[C@]1(O)CC(N2CCOCC2)=C(O)C1=O. The fourth-order valence-electron chi connectivity index (χ4n) is 1.97. The summed E-state index contributed by atoms with van der Waals surface area (Å²) in [5, 5.41) is 19.4. The molecule has 1 aliphatic carbocycles. The molecule has 1 fully saturated rings. The topological polar surface area (TPSA) is 70.0 Å². The van der Waals surface area contributed by atoms with Crippen LogP contribution in [0, 0.1) is 0 Å². The molecule has 2 rings (SSSR count). The number of ketones is 1. The largest absolute Gasteiger partial charge is 0.503 e. The Morgan fingerprint density at radius 3 is 2.47 bits per heavy atom. The van der Waals surface area contributed by atoms with Gasteiger partial charge in [-0.25, -0.2) is 0 Å². The van der Waals surface area contributed by atoms with Gasteiger partial charge in [-0.3, -0.25) is 4.79 Å². The predicted molar refractivity (Wildman–Crippen MR) is 52.3 cm³/mol. The molecule has 5 heteroatoms. The number of carbonyl (C=O) groups excluding carboxylic acids is 1. The van der Waals surface area contributed by atoms with Crippen molar-refractivity contribution >= 4 is 5.78 Å². The Hall–Kier alpha value is -1.07. The maximum Gasteiger partial charge on any atom is 0.230 e. The highest BCUT2D eigenvalue weighted by atomic mass is 16.5. The van der Waals surface area contributed by atoms with Crippen molar-refractivity contribution in [1.82, 2.24) is 4.90 Å². The van der Waals surface area contributed by atoms with Crippen LogP contribution >= 0.6 is 0 Å². The fourth-order valence-corrected chi connectivity index (χ4v) is 1.97. The minimum Gasteiger partial charge on any atom is -0.503 e. The van der Waals surface area contributed by atoms with E-state index in [1.165, 1.54) is 6.92 Å². The highest BCUT2D eigenvalue weighted by molar-refractivity contribution is 6.02. The number of hydrogen-bond acceptors (Lipinski definition) is 5. The van der Waals surface area contributed by atoms with Crippen LogP contribution in [0.2, 0.25) is 0 Å². The summed E-state index contributed by atoms with van der Waals surface area (Å²) < 4.78 is 5.18. The third-order valence-corrected chi connectivity index (χ3v) is 2.88. The molecule has 0 spiro atoms. The van der Waals surface area contributed by atoms with Crippen LogP contribution in [-0.4, -0.2) is 52.8 Å². The summed E-state index contributed by atoms with van der Waals surface area (Å²) in [4.78, 5) is 13.4. The van der Waals surface area contributed by atoms with E-state index in [1.807, 2.05) is 4.90 Å². The van der Waals surface area contributed by atoms with E-state index in [2.05, 4.69) is 0 Å². The third kappa shape index (κ3) is 1.72. The molecule has 1 heterocycles. The van der Waals surface area contributed by atoms with E-state index in [4.69, 9.17) is 4.74 Å². The Morgan fingerprint density at radius 1 is 1.40 bits per heavy atom. The molecule has 15 heavy (non-hydrogen) atoms. The lowest BCUT2D eigenvalue weighted by Gasteiger charge is -2.30. The number of aliphatic hydroxyl groups excluding tert-OH is 1. The smallest absolute Gasteiger partial charge is 0.230 e. The van der Waals surface area contributed by atoms with Gasteiger partial charge in [0.1, 0.15) is 5.60 Å². The van der Waals surface area contributed by atoms with Crippen LogP contribution in [0.25, 0.3) is 0 Å². The molecular formula is C10H15NO4. The number of ether oxygens (including phenoxy) is 1. The van der Waals surface area contributed by atoms with Gasteiger partial charge in [-0.15, -0.1) is 0 Å². The maximum absolute atomic E-state index is 11.5. The van der Waals surface area contributed by atoms with Gasteiger partial charge in [0.25, 0.3) is 0 Å². The molecule has 0 aromatic heterocycles. The standard InChI is InChI=1S/C10H15NO4/c1-10(14)6-7(8(12)9(10)13)11-2-4-15-5-3-11/h12,14H,2-6H2,1H3/t10-/m0/s1. The first-order valence-electron chi connectivity index (χ1n) is 5.04. The van der Waals surface area contributed by atoms with Crippen molar-refractivity contribution in [3.8, 4) is 0 Å². The van der Waals surface area contributed by atoms with Gasteiger partial charge in [-0.05, 0) is 6.92 Å². The Balaban J connectivity index is 2.19. The zero-order valence-corrected chi connectivity index (χ0v) is 8.69. The first kappa shape index (κ1) is 10.4. The van der Waals surface area contributed by atoms with E-state index in [0.29, 0.717) is 32.0 Å². The van der Waals surface area contributed by atoms with E-state index in [0.717, 1.165) is 0 Å². The molecule has 2 aliphatic rings. The summed E-state index contributed by atoms with van der Waals surface area (Å²) >= 11 is 0. The van der Waals surface area contributed by atoms with Crippen LogP contribution in [0.1, 0.15) is 13.3 Å². The zero-order valence-electron chi connectivity index (χ0n) is 8.69. The second kappa shape index (κ2) is 3.50. The quantitative estimate of drug-likeness (QED) is 0.632. The summed E-state index contributed by atoms with van der Waals surface area (Å²) in [5.41, 5.74) is -0.897. The molecule has 0 aromatic carbocycles. The molecule has 1 saturated heterocycles. The number of hydrogen-bond donors (Lipinski definition) is 2. The summed E-state index contributed by atoms with van der Waals surface area (Å²) in [6.07, 6.45) is 0.192. The van der Waals surface area contributed by atoms with Crippen molar-refractivity contribution in [2.75, 3.05) is 26.3 Å². The summed E-state index contributed by atoms with van der Waals surface area (Å²) in [6.45, 7) is 3.92. The highest BCUT2D eigenvalue weighted by Gasteiger charge is 2.44. The number of morpholine rings is 1. The molecule has 5 nitrogen and oxygen atoms in total. The summed E-state index contributed by atoms with van der Waals surface area (Å²) in [5.74, 6) is -0.870. The molecule has 0 unspecified atom stereocenters. The Bertz CT molecular complexity index is 315. The Kier molecular flexibility index (Phi) is 2.44. The molecule has 2 N–H and O–H groups in total. The lowest BCUT2D eigenvalue weighted by Crippen LogP contribution is -2.36. The van der Waals surface area contributed by atoms with Gasteiger partial charge in [0.05, 0.1) is 18.9 Å². The Morgan fingerprint density at radius 2 is 2.00 bits per heavy atom. The fraction of sp³-hybridized carbons (Fsp3) is 0.700. The van der Waals surface area contributed by atoms with Crippen LogP contribution in [0.3, 0.4) is 0 Å². The molecule has 0 amide bonds. The van der Waals surface area contributed by atoms with Crippen LogP contribution in [0.5, 0.6) is 0 Å². The molecule has 0 saturated carbocycles. The van der Waals surface area contributed by atoms with E-state index in [-0.39, 0.29) is 12.2 Å². The van der Waals surface area contributed by atoms with Crippen molar-refractivity contribution in [2.45, 2.75) is 18.9 Å². The first-order valence-corrected chi connectivity index (χ1v) is 5.04. The monoisotopic (exact) mass is 213 g/mol. The molecule has 1 atom stereocenters. The molecular weight excluding hydrogens is 198 g/mol. The molecule has 84 valence electrons. The Labute approximate surface area is 87.9 Å². The van der Waals surface area contributed by atoms with Crippen molar-refractivity contribution in [3.05, 3.63) is 11.5 Å². The maximum atomic E-state index is 11.5. The molecule has 0 bridgehead atoms. The predicted octanol–water partition coefficient (Wildman–Crippen LogP) is -0.188. The van der Waals surface area contributed by atoms with Crippen LogP contribution < -0.4 is 0 Å². The van der Waals surface area contributed by atoms with Crippen LogP contribution in [0.4, 0.5) is 0 Å². The van der Waals surface area contributed by atoms with E-state index >= 15 is 0 Å². The molecule has 0 radical (unpaired) electrons. The van der Waals surface area contributed by atoms with Crippen LogP contribution in [-0.2, 0) is 9.53 Å². The minimum atomic E-state index is -1.45. The van der Waals surface area contributed by atoms with Gasteiger partial charge in [0, 0.05) is 19.5 Å². The zero-order chi connectivity index (χ0) is 11.1. The van der Waals surface area contributed by atoms with Crippen molar-refractivity contribution in [2.24, 2.45) is 0 Å². The van der Waals surface area contributed by atoms with Gasteiger partial charge in [0.2, 0.25) is 5.78 Å². The van der Waals surface area contributed by atoms with Crippen LogP contribution in [0.15, 0.2) is 11.5 Å². The minimum absolute atomic E-state index is 0.192. The van der Waals surface area contributed by atoms with Gasteiger partial charge in [-0.2, -0.15) is 0 Å². The van der Waals surface area contributed by atoms with Crippen molar-refractivity contribution in [3.63, 3.8) is 0 Å². The third-order valence-electron chi connectivity index (χ3n) is 2.88. The second-order valence-electron chi connectivity index (χ2n) is 4.17. The normalized spacial score (nSPS) is 32.7. The van der Waals surface area contributed by atoms with Gasteiger partial charge in [0.15, 0.2) is 5.76 Å². The van der Waals surface area contributed by atoms with Gasteiger partial charge in [-0.1, -0.05) is 0 Å². The number of carbonyl (C=O) groups is 1. The van der Waals surface area contributed by atoms with Crippen molar-refractivity contribution < 1.29 is 19.7 Å². The summed E-state index contributed by atoms with van der Waals surface area (Å²) in [6, 6.07) is 0. The highest BCUT2D eigenvalue weighted by Crippen LogP contribution is 2.32. The lowest BCUT2D eigenvalue weighted by atomic mass is 10.0. The average Bonchev–Trinajstić information content (AvgIpc) is 2.44. The van der Waals surface area contributed by atoms with Gasteiger partial charge < -0.3 is 19.8 Å². The number of aliphatic hydroxyl groups is 2. The lowest BCUT2D eigenvalue weighted by molar-refractivity contribution is -0.132. The summed E-state index contributed by atoms with van der Waals surface area (Å²) in [7, 11) is 0. The van der Waals surface area contributed by atoms with E-state index < -0.39 is 11.4 Å². The molecule has 0 aromatic rings. The number of rotatable bonds is 1. The number of nitrogens with zero attached hydrogens (tertiary/aromatic N) is 1. The first-order chi connectivity index (χ1) is 7.02.